The van der Waals surface area contributed by atoms with E-state index in [0.29, 0.717) is 25.9 Å². The van der Waals surface area contributed by atoms with Crippen molar-refractivity contribution in [1.29, 1.82) is 0 Å². The third-order valence-electron chi connectivity index (χ3n) is 5.21. The minimum Gasteiger partial charge on any atom is -0.369 e. The molecule has 1 aromatic carbocycles. The number of carbonyl (C=O) groups is 1. The summed E-state index contributed by atoms with van der Waals surface area (Å²) in [6, 6.07) is 3.73. The molecule has 144 valence electrons. The Kier molecular flexibility index (Phi) is 5.11. The molecule has 0 spiro atoms. The predicted octanol–water partition coefficient (Wildman–Crippen LogP) is -0.0377. The van der Waals surface area contributed by atoms with Crippen molar-refractivity contribution in [2.75, 3.05) is 24.6 Å². The molecular formula is C16H21FN2O5S2. The highest BCUT2D eigenvalue weighted by Gasteiger charge is 2.48. The lowest BCUT2D eigenvalue weighted by atomic mass is 9.95. The number of nitrogens with zero attached hydrogens (tertiary/aromatic N) is 1. The minimum absolute atomic E-state index is 0.0852. The molecule has 2 fully saturated rings. The number of amides is 1. The average molecular weight is 404 g/mol. The van der Waals surface area contributed by atoms with E-state index in [1.165, 1.54) is 0 Å². The average Bonchev–Trinajstić information content (AvgIpc) is 2.92. The second kappa shape index (κ2) is 6.90. The molecule has 2 aliphatic rings. The molecule has 2 aliphatic heterocycles. The van der Waals surface area contributed by atoms with Gasteiger partial charge in [0.05, 0.1) is 21.7 Å². The monoisotopic (exact) mass is 404 g/mol. The van der Waals surface area contributed by atoms with Crippen LogP contribution in [0.25, 0.3) is 0 Å². The van der Waals surface area contributed by atoms with E-state index in [1.807, 2.05) is 4.90 Å². The van der Waals surface area contributed by atoms with Gasteiger partial charge in [-0.05, 0) is 50.2 Å². The van der Waals surface area contributed by atoms with Crippen molar-refractivity contribution < 1.29 is 26.0 Å². The number of carbonyl (C=O) groups excluding carboxylic acids is 1. The van der Waals surface area contributed by atoms with Crippen LogP contribution in [0.5, 0.6) is 0 Å². The van der Waals surface area contributed by atoms with Crippen molar-refractivity contribution in [3.8, 4) is 0 Å². The van der Waals surface area contributed by atoms with E-state index >= 15 is 0 Å². The summed E-state index contributed by atoms with van der Waals surface area (Å²) in [4.78, 5) is 13.0. The maximum absolute atomic E-state index is 13.1. The van der Waals surface area contributed by atoms with Crippen LogP contribution in [0.4, 0.5) is 4.39 Å². The summed E-state index contributed by atoms with van der Waals surface area (Å²) < 4.78 is 63.4. The summed E-state index contributed by atoms with van der Waals surface area (Å²) in [6.45, 7) is 0.840. The van der Waals surface area contributed by atoms with E-state index in [0.717, 1.165) is 24.3 Å². The first-order chi connectivity index (χ1) is 12.1. The van der Waals surface area contributed by atoms with E-state index in [2.05, 4.69) is 0 Å². The highest BCUT2D eigenvalue weighted by Crippen LogP contribution is 2.31. The van der Waals surface area contributed by atoms with Crippen LogP contribution in [-0.2, 0) is 24.5 Å². The Morgan fingerprint density at radius 2 is 1.69 bits per heavy atom. The number of primary amides is 1. The molecule has 3 rings (SSSR count). The van der Waals surface area contributed by atoms with Crippen LogP contribution >= 0.6 is 0 Å². The third-order valence-corrected chi connectivity index (χ3v) is 9.35. The molecule has 0 saturated carbocycles. The molecule has 0 unspecified atom stereocenters. The van der Waals surface area contributed by atoms with Crippen LogP contribution in [-0.4, -0.2) is 63.5 Å². The number of hydrogen-bond donors (Lipinski definition) is 1. The number of benzene rings is 1. The first-order valence-electron chi connectivity index (χ1n) is 8.33. The van der Waals surface area contributed by atoms with Gasteiger partial charge in [-0.3, -0.25) is 9.69 Å². The zero-order chi connectivity index (χ0) is 19.1. The van der Waals surface area contributed by atoms with Gasteiger partial charge in [0.15, 0.2) is 19.7 Å². The van der Waals surface area contributed by atoms with Gasteiger partial charge in [-0.25, -0.2) is 21.2 Å². The minimum atomic E-state index is -3.93. The van der Waals surface area contributed by atoms with Crippen LogP contribution in [0, 0.1) is 11.7 Å². The highest BCUT2D eigenvalue weighted by molar-refractivity contribution is 7.96. The van der Waals surface area contributed by atoms with E-state index in [4.69, 9.17) is 5.73 Å². The zero-order valence-corrected chi connectivity index (χ0v) is 15.7. The zero-order valence-electron chi connectivity index (χ0n) is 14.0. The number of hydrogen-bond acceptors (Lipinski definition) is 6. The van der Waals surface area contributed by atoms with Gasteiger partial charge in [-0.15, -0.1) is 0 Å². The lowest BCUT2D eigenvalue weighted by Crippen LogP contribution is -2.50. The molecule has 2 atom stereocenters. The van der Waals surface area contributed by atoms with Crippen molar-refractivity contribution in [3.63, 3.8) is 0 Å². The summed E-state index contributed by atoms with van der Waals surface area (Å²) in [5.74, 6) is -1.91. The largest absolute Gasteiger partial charge is 0.369 e. The number of rotatable bonds is 4. The van der Waals surface area contributed by atoms with Gasteiger partial charge in [-0.2, -0.15) is 0 Å². The molecule has 0 aromatic heterocycles. The molecule has 1 amide bonds. The van der Waals surface area contributed by atoms with Gasteiger partial charge < -0.3 is 5.73 Å². The first-order valence-corrected chi connectivity index (χ1v) is 11.7. The Bertz CT molecular complexity index is 891. The van der Waals surface area contributed by atoms with Gasteiger partial charge in [0.1, 0.15) is 5.82 Å². The van der Waals surface area contributed by atoms with Gasteiger partial charge >= 0.3 is 0 Å². The Morgan fingerprint density at radius 1 is 1.12 bits per heavy atom. The lowest BCUT2D eigenvalue weighted by Gasteiger charge is -2.36. The molecule has 26 heavy (non-hydrogen) atoms. The van der Waals surface area contributed by atoms with Crippen molar-refractivity contribution in [1.82, 2.24) is 4.90 Å². The van der Waals surface area contributed by atoms with Crippen molar-refractivity contribution in [2.45, 2.75) is 29.0 Å². The molecule has 1 aromatic rings. The SMILES string of the molecule is NC(=O)C1CCN([C@H]2CS(=O)(=O)C[C@@H]2S(=O)(=O)c2ccc(F)cc2)CC1. The van der Waals surface area contributed by atoms with Crippen molar-refractivity contribution in [3.05, 3.63) is 30.1 Å². The van der Waals surface area contributed by atoms with Crippen LogP contribution in [0.3, 0.4) is 0 Å². The molecule has 0 radical (unpaired) electrons. The van der Waals surface area contributed by atoms with E-state index in [-0.39, 0.29) is 22.5 Å². The quantitative estimate of drug-likeness (QED) is 0.705. The summed E-state index contributed by atoms with van der Waals surface area (Å²) >= 11 is 0. The number of nitrogens with two attached hydrogens (primary N) is 1. The number of halogens is 1. The molecule has 0 bridgehead atoms. The Labute approximate surface area is 152 Å². The molecule has 7 nitrogen and oxygen atoms in total. The topological polar surface area (TPSA) is 115 Å². The summed E-state index contributed by atoms with van der Waals surface area (Å²) in [6.07, 6.45) is 0.963. The first kappa shape index (κ1) is 19.2. The van der Waals surface area contributed by atoms with E-state index < -0.39 is 42.5 Å². The van der Waals surface area contributed by atoms with Crippen molar-refractivity contribution >= 4 is 25.6 Å². The summed E-state index contributed by atoms with van der Waals surface area (Å²) in [5.41, 5.74) is 5.31. The van der Waals surface area contributed by atoms with Gasteiger partial charge in [0, 0.05) is 12.0 Å². The van der Waals surface area contributed by atoms with Crippen LogP contribution < -0.4 is 5.73 Å². The van der Waals surface area contributed by atoms with Crippen molar-refractivity contribution in [2.24, 2.45) is 11.7 Å². The molecule has 2 N–H and O–H groups in total. The lowest BCUT2D eigenvalue weighted by molar-refractivity contribution is -0.123. The van der Waals surface area contributed by atoms with E-state index in [9.17, 15) is 26.0 Å². The molecule has 2 heterocycles. The number of likely N-dealkylation sites (tertiary alicyclic amines) is 1. The maximum atomic E-state index is 13.1. The Balaban J connectivity index is 1.87. The van der Waals surface area contributed by atoms with Gasteiger partial charge in [0.25, 0.3) is 0 Å². The second-order valence-corrected chi connectivity index (χ2v) is 11.2. The molecule has 0 aliphatic carbocycles. The standard InChI is InChI=1S/C16H21FN2O5S2/c17-12-1-3-13(4-2-12)26(23,24)15-10-25(21,22)9-14(15)19-7-5-11(6-8-19)16(18)20/h1-4,11,14-15H,5-10H2,(H2,18,20)/t14-,15-/m0/s1. The Morgan fingerprint density at radius 3 is 2.23 bits per heavy atom. The molecule has 10 heteroatoms. The fraction of sp³-hybridized carbons (Fsp3) is 0.562. The van der Waals surface area contributed by atoms with Gasteiger partial charge in [0.2, 0.25) is 5.91 Å². The molecule has 2 saturated heterocycles. The number of piperidine rings is 1. The fourth-order valence-corrected chi connectivity index (χ4v) is 8.58. The smallest absolute Gasteiger partial charge is 0.220 e. The van der Waals surface area contributed by atoms with Crippen LogP contribution in [0.1, 0.15) is 12.8 Å². The normalized spacial score (nSPS) is 27.4. The maximum Gasteiger partial charge on any atom is 0.220 e. The molecular weight excluding hydrogens is 383 g/mol. The predicted molar refractivity (Wildman–Crippen MR) is 93.3 cm³/mol. The summed E-state index contributed by atoms with van der Waals surface area (Å²) in [5, 5.41) is -1.11. The third kappa shape index (κ3) is 3.77. The van der Waals surface area contributed by atoms with Crippen LogP contribution in [0.2, 0.25) is 0 Å². The van der Waals surface area contributed by atoms with Gasteiger partial charge in [-0.1, -0.05) is 0 Å². The Hall–Kier alpha value is -1.52. The second-order valence-electron chi connectivity index (χ2n) is 6.89. The number of sulfone groups is 2. The van der Waals surface area contributed by atoms with Crippen LogP contribution in [0.15, 0.2) is 29.2 Å². The highest BCUT2D eigenvalue weighted by atomic mass is 32.2. The van der Waals surface area contributed by atoms with E-state index in [1.54, 1.807) is 0 Å². The summed E-state index contributed by atoms with van der Waals surface area (Å²) in [7, 11) is -7.44. The fourth-order valence-electron chi connectivity index (χ4n) is 3.75.